The molecule has 5 heteroatoms. The van der Waals surface area contributed by atoms with Gasteiger partial charge in [0.25, 0.3) is 0 Å². The van der Waals surface area contributed by atoms with E-state index in [9.17, 15) is 4.79 Å². The summed E-state index contributed by atoms with van der Waals surface area (Å²) in [7, 11) is 0. The molecule has 0 amide bonds. The molecule has 0 spiro atoms. The lowest BCUT2D eigenvalue weighted by Crippen LogP contribution is -2.11. The Balaban J connectivity index is 2.89. The number of carbonyl (C=O) groups is 1. The highest BCUT2D eigenvalue weighted by molar-refractivity contribution is 5.88. The van der Waals surface area contributed by atoms with E-state index < -0.39 is 0 Å². The minimum Gasteiger partial charge on any atom is -0.493 e. The van der Waals surface area contributed by atoms with E-state index in [0.29, 0.717) is 25.6 Å². The Labute approximate surface area is 335 Å². The van der Waals surface area contributed by atoms with Gasteiger partial charge in [-0.3, -0.25) is 0 Å². The Morgan fingerprint density at radius 1 is 0.481 bits per heavy atom. The maximum Gasteiger partial charge on any atom is 0.331 e. The van der Waals surface area contributed by atoms with Crippen LogP contribution >= 0.6 is 0 Å². The average molecular weight is 757 g/mol. The van der Waals surface area contributed by atoms with E-state index in [2.05, 4.69) is 20.8 Å². The standard InChI is InChI=1S/C49H88O5/c1-6-10-13-16-19-22-25-28-31-34-41-51-46-38-39-47(52-42-35-32-29-26-23-20-17-14-11-7-2)49(45(46)37-40-48(50)54-44(5)9-4)53-43-36-33-30-27-24-21-18-15-12-8-3/h37-40,44H,6-36,41-43H2,1-5H3. The second kappa shape index (κ2) is 37.7. The van der Waals surface area contributed by atoms with E-state index in [4.69, 9.17) is 18.9 Å². The van der Waals surface area contributed by atoms with E-state index >= 15 is 0 Å². The summed E-state index contributed by atoms with van der Waals surface area (Å²) in [6.07, 6.45) is 42.6. The van der Waals surface area contributed by atoms with Gasteiger partial charge in [-0.2, -0.15) is 0 Å². The van der Waals surface area contributed by atoms with E-state index in [-0.39, 0.29) is 12.1 Å². The number of benzene rings is 1. The van der Waals surface area contributed by atoms with Crippen molar-refractivity contribution in [2.75, 3.05) is 19.8 Å². The van der Waals surface area contributed by atoms with Crippen LogP contribution in [0, 0.1) is 0 Å². The predicted molar refractivity (Wildman–Crippen MR) is 233 cm³/mol. The summed E-state index contributed by atoms with van der Waals surface area (Å²) in [4.78, 5) is 12.8. The van der Waals surface area contributed by atoms with Gasteiger partial charge in [0, 0.05) is 6.08 Å². The number of rotatable bonds is 40. The van der Waals surface area contributed by atoms with Gasteiger partial charge in [-0.25, -0.2) is 4.79 Å². The van der Waals surface area contributed by atoms with Gasteiger partial charge < -0.3 is 18.9 Å². The molecule has 0 aromatic heterocycles. The molecule has 0 aliphatic heterocycles. The zero-order valence-electron chi connectivity index (χ0n) is 36.5. The third kappa shape index (κ3) is 28.3. The predicted octanol–water partition coefficient (Wildman–Crippen LogP) is 15.9. The van der Waals surface area contributed by atoms with Crippen molar-refractivity contribution in [3.05, 3.63) is 23.8 Å². The van der Waals surface area contributed by atoms with Crippen LogP contribution in [-0.4, -0.2) is 31.9 Å². The van der Waals surface area contributed by atoms with Gasteiger partial charge in [0.15, 0.2) is 11.5 Å². The van der Waals surface area contributed by atoms with Crippen molar-refractivity contribution in [2.24, 2.45) is 0 Å². The Morgan fingerprint density at radius 2 is 0.815 bits per heavy atom. The Bertz CT molecular complexity index is 1000. The van der Waals surface area contributed by atoms with Crippen molar-refractivity contribution >= 4 is 12.0 Å². The average Bonchev–Trinajstić information content (AvgIpc) is 3.17. The van der Waals surface area contributed by atoms with Crippen LogP contribution in [0.25, 0.3) is 6.08 Å². The summed E-state index contributed by atoms with van der Waals surface area (Å²) in [5, 5.41) is 0. The van der Waals surface area contributed by atoms with Gasteiger partial charge in [0.05, 0.1) is 31.5 Å². The number of hydrogen-bond donors (Lipinski definition) is 0. The monoisotopic (exact) mass is 757 g/mol. The van der Waals surface area contributed by atoms with Gasteiger partial charge in [-0.05, 0) is 50.8 Å². The Kier molecular flexibility index (Phi) is 34.8. The molecule has 0 saturated carbocycles. The zero-order valence-corrected chi connectivity index (χ0v) is 36.5. The van der Waals surface area contributed by atoms with Crippen LogP contribution in [0.2, 0.25) is 0 Å². The minimum absolute atomic E-state index is 0.128. The molecule has 0 aliphatic rings. The first-order valence-corrected chi connectivity index (χ1v) is 23.5. The first-order valence-electron chi connectivity index (χ1n) is 23.5. The smallest absolute Gasteiger partial charge is 0.331 e. The normalized spacial score (nSPS) is 12.0. The fraction of sp³-hybridized carbons (Fsp3) is 0.816. The fourth-order valence-corrected chi connectivity index (χ4v) is 6.89. The molecule has 1 aromatic rings. The molecule has 1 unspecified atom stereocenters. The van der Waals surface area contributed by atoms with Crippen LogP contribution in [0.5, 0.6) is 17.2 Å². The summed E-state index contributed by atoms with van der Waals surface area (Å²) in [5.41, 5.74) is 0.774. The largest absolute Gasteiger partial charge is 0.493 e. The van der Waals surface area contributed by atoms with E-state index in [1.54, 1.807) is 0 Å². The van der Waals surface area contributed by atoms with Gasteiger partial charge in [-0.1, -0.05) is 201 Å². The molecule has 0 N–H and O–H groups in total. The van der Waals surface area contributed by atoms with Crippen molar-refractivity contribution < 1.29 is 23.7 Å². The highest BCUT2D eigenvalue weighted by Crippen LogP contribution is 2.39. The Hall–Kier alpha value is -2.17. The quantitative estimate of drug-likeness (QED) is 0.0379. The lowest BCUT2D eigenvalue weighted by Gasteiger charge is -2.19. The summed E-state index contributed by atoms with van der Waals surface area (Å²) < 4.78 is 25.0. The maximum atomic E-state index is 12.8. The number of carbonyl (C=O) groups excluding carboxylic acids is 1. The highest BCUT2D eigenvalue weighted by atomic mass is 16.5. The SMILES string of the molecule is CCCCCCCCCCCCOc1ccc(OCCCCCCCCCCCC)c(OCCCCCCCCCCCC)c1C=CC(=O)OC(C)CC. The van der Waals surface area contributed by atoms with Crippen LogP contribution in [-0.2, 0) is 9.53 Å². The van der Waals surface area contributed by atoms with Gasteiger partial charge >= 0.3 is 5.97 Å². The number of unbranched alkanes of at least 4 members (excludes halogenated alkanes) is 27. The molecule has 0 fully saturated rings. The van der Waals surface area contributed by atoms with Crippen molar-refractivity contribution in [2.45, 2.75) is 240 Å². The van der Waals surface area contributed by atoms with Gasteiger partial charge in [0.1, 0.15) is 5.75 Å². The van der Waals surface area contributed by atoms with Crippen LogP contribution < -0.4 is 14.2 Å². The van der Waals surface area contributed by atoms with Crippen molar-refractivity contribution in [1.29, 1.82) is 0 Å². The molecule has 1 aromatic carbocycles. The summed E-state index contributed by atoms with van der Waals surface area (Å²) >= 11 is 0. The molecule has 314 valence electrons. The summed E-state index contributed by atoms with van der Waals surface area (Å²) in [5.74, 6) is 1.82. The number of ether oxygens (including phenoxy) is 4. The van der Waals surface area contributed by atoms with Crippen LogP contribution in [0.3, 0.4) is 0 Å². The van der Waals surface area contributed by atoms with E-state index in [1.807, 2.05) is 32.1 Å². The second-order valence-electron chi connectivity index (χ2n) is 15.9. The molecule has 5 nitrogen and oxygen atoms in total. The van der Waals surface area contributed by atoms with Crippen molar-refractivity contribution in [3.8, 4) is 17.2 Å². The zero-order chi connectivity index (χ0) is 39.2. The molecule has 1 rings (SSSR count). The molecular weight excluding hydrogens is 669 g/mol. The van der Waals surface area contributed by atoms with Gasteiger partial charge in [0.2, 0.25) is 0 Å². The molecule has 0 heterocycles. The summed E-state index contributed by atoms with van der Waals surface area (Å²) in [6.45, 7) is 12.7. The van der Waals surface area contributed by atoms with E-state index in [0.717, 1.165) is 49.2 Å². The minimum atomic E-state index is -0.345. The lowest BCUT2D eigenvalue weighted by molar-refractivity contribution is -0.142. The lowest BCUT2D eigenvalue weighted by atomic mass is 10.1. The third-order valence-corrected chi connectivity index (χ3v) is 10.7. The third-order valence-electron chi connectivity index (χ3n) is 10.7. The topological polar surface area (TPSA) is 54.0 Å². The Morgan fingerprint density at radius 3 is 1.20 bits per heavy atom. The van der Waals surface area contributed by atoms with E-state index in [1.165, 1.54) is 173 Å². The number of esters is 1. The van der Waals surface area contributed by atoms with Crippen LogP contribution in [0.1, 0.15) is 239 Å². The highest BCUT2D eigenvalue weighted by Gasteiger charge is 2.17. The van der Waals surface area contributed by atoms with Gasteiger partial charge in [-0.15, -0.1) is 0 Å². The first-order chi connectivity index (χ1) is 26.6. The second-order valence-corrected chi connectivity index (χ2v) is 15.9. The maximum absolute atomic E-state index is 12.8. The summed E-state index contributed by atoms with van der Waals surface area (Å²) in [6, 6.07) is 4.00. The number of hydrogen-bond acceptors (Lipinski definition) is 5. The van der Waals surface area contributed by atoms with Crippen LogP contribution in [0.15, 0.2) is 18.2 Å². The molecule has 0 bridgehead atoms. The molecule has 0 radical (unpaired) electrons. The fourth-order valence-electron chi connectivity index (χ4n) is 6.89. The van der Waals surface area contributed by atoms with Crippen LogP contribution in [0.4, 0.5) is 0 Å². The molecule has 0 aliphatic carbocycles. The molecule has 0 saturated heterocycles. The molecule has 1 atom stereocenters. The first kappa shape index (κ1) is 49.8. The van der Waals surface area contributed by atoms with Crippen molar-refractivity contribution in [1.82, 2.24) is 0 Å². The molecular formula is C49H88O5. The van der Waals surface area contributed by atoms with Crippen molar-refractivity contribution in [3.63, 3.8) is 0 Å². The molecule has 54 heavy (non-hydrogen) atoms.